The fraction of sp³-hybridized carbons (Fsp3) is 0.556. The van der Waals surface area contributed by atoms with Crippen LogP contribution in [-0.2, 0) is 16.1 Å². The first-order valence-corrected chi connectivity index (χ1v) is 10.4. The number of aromatic nitrogens is 3. The number of nitrogen functional groups attached to an aromatic ring is 1. The molecule has 9 nitrogen and oxygen atoms in total. The highest BCUT2D eigenvalue weighted by atomic mass is 32.1. The van der Waals surface area contributed by atoms with E-state index in [1.807, 2.05) is 6.92 Å². The summed E-state index contributed by atoms with van der Waals surface area (Å²) in [7, 11) is 2.20. The fourth-order valence-corrected chi connectivity index (χ4v) is 3.72. The van der Waals surface area contributed by atoms with Gasteiger partial charge in [0.2, 0.25) is 0 Å². The number of nitrogens with zero attached hydrogens (tertiary/aromatic N) is 4. The van der Waals surface area contributed by atoms with Crippen LogP contribution < -0.4 is 5.73 Å². The fourth-order valence-electron chi connectivity index (χ4n) is 2.93. The topological polar surface area (TPSA) is 135 Å². The molecule has 0 aromatic carbocycles. The molecular formula is C18H23F6N5O4S. The molecular weight excluding hydrogens is 496 g/mol. The second-order valence-electron chi connectivity index (χ2n) is 7.27. The van der Waals surface area contributed by atoms with Crippen molar-refractivity contribution < 1.29 is 46.1 Å². The highest BCUT2D eigenvalue weighted by Gasteiger charge is 2.38. The highest BCUT2D eigenvalue weighted by Crippen LogP contribution is 2.30. The first-order valence-electron chi connectivity index (χ1n) is 9.56. The van der Waals surface area contributed by atoms with Gasteiger partial charge in [0.15, 0.2) is 5.13 Å². The van der Waals surface area contributed by atoms with Gasteiger partial charge in [-0.2, -0.15) is 31.4 Å². The first kappa shape index (κ1) is 29.2. The minimum atomic E-state index is -5.08. The van der Waals surface area contributed by atoms with E-state index in [2.05, 4.69) is 39.0 Å². The van der Waals surface area contributed by atoms with E-state index in [0.717, 1.165) is 22.8 Å². The average Bonchev–Trinajstić information content (AvgIpc) is 3.26. The van der Waals surface area contributed by atoms with Crippen LogP contribution >= 0.6 is 11.3 Å². The molecule has 1 atom stereocenters. The number of hydrogen-bond acceptors (Lipinski definition) is 7. The number of likely N-dealkylation sites (tertiary alicyclic amines) is 1. The van der Waals surface area contributed by atoms with E-state index in [1.165, 1.54) is 37.3 Å². The lowest BCUT2D eigenvalue weighted by Gasteiger charge is -2.29. The van der Waals surface area contributed by atoms with Crippen LogP contribution in [0.25, 0.3) is 10.6 Å². The number of piperidine rings is 1. The molecule has 0 spiro atoms. The highest BCUT2D eigenvalue weighted by molar-refractivity contribution is 7.18. The van der Waals surface area contributed by atoms with Gasteiger partial charge in [-0.15, -0.1) is 0 Å². The molecule has 1 aliphatic heterocycles. The Labute approximate surface area is 193 Å². The van der Waals surface area contributed by atoms with Crippen LogP contribution in [0.2, 0.25) is 0 Å². The largest absolute Gasteiger partial charge is 0.490 e. The molecule has 1 fully saturated rings. The summed E-state index contributed by atoms with van der Waals surface area (Å²) in [5, 5.41) is 19.5. The van der Waals surface area contributed by atoms with Gasteiger partial charge in [0.1, 0.15) is 5.69 Å². The predicted molar refractivity (Wildman–Crippen MR) is 110 cm³/mol. The molecule has 1 saturated heterocycles. The maximum atomic E-state index is 10.6. The minimum absolute atomic E-state index is 0.612. The third-order valence-corrected chi connectivity index (χ3v) is 5.35. The zero-order chi connectivity index (χ0) is 26.3. The van der Waals surface area contributed by atoms with Crippen molar-refractivity contribution in [1.29, 1.82) is 0 Å². The molecule has 0 amide bonds. The summed E-state index contributed by atoms with van der Waals surface area (Å²) in [6.07, 6.45) is -5.51. The number of carboxylic acid groups (broad SMARTS) is 2. The van der Waals surface area contributed by atoms with Crippen LogP contribution in [0.3, 0.4) is 0 Å². The summed E-state index contributed by atoms with van der Waals surface area (Å²) in [5.74, 6) is -4.81. The van der Waals surface area contributed by atoms with Crippen molar-refractivity contribution in [3.8, 4) is 10.6 Å². The van der Waals surface area contributed by atoms with Gasteiger partial charge in [0.05, 0.1) is 10.6 Å². The maximum Gasteiger partial charge on any atom is 0.490 e. The Balaban J connectivity index is 0.000000343. The van der Waals surface area contributed by atoms with E-state index in [0.29, 0.717) is 11.0 Å². The molecule has 0 aliphatic carbocycles. The molecule has 4 N–H and O–H groups in total. The third kappa shape index (κ3) is 9.94. The second kappa shape index (κ2) is 12.0. The van der Waals surface area contributed by atoms with Gasteiger partial charge in [0, 0.05) is 19.3 Å². The summed E-state index contributed by atoms with van der Waals surface area (Å²) in [4.78, 5) is 25.5. The van der Waals surface area contributed by atoms with Crippen molar-refractivity contribution in [2.45, 2.75) is 38.7 Å². The summed E-state index contributed by atoms with van der Waals surface area (Å²) in [5.41, 5.74) is 7.71. The molecule has 0 bridgehead atoms. The second-order valence-corrected chi connectivity index (χ2v) is 8.30. The molecule has 3 rings (SSSR count). The van der Waals surface area contributed by atoms with Crippen molar-refractivity contribution in [3.05, 3.63) is 18.0 Å². The van der Waals surface area contributed by atoms with E-state index in [-0.39, 0.29) is 0 Å². The monoisotopic (exact) mass is 519 g/mol. The molecule has 1 unspecified atom stereocenters. The molecule has 0 saturated carbocycles. The smallest absolute Gasteiger partial charge is 0.475 e. The average molecular weight is 519 g/mol. The van der Waals surface area contributed by atoms with E-state index >= 15 is 0 Å². The molecule has 1 aliphatic rings. The Morgan fingerprint density at radius 2 is 1.71 bits per heavy atom. The summed E-state index contributed by atoms with van der Waals surface area (Å²) >= 11 is 1.51. The quantitative estimate of drug-likeness (QED) is 0.525. The lowest BCUT2D eigenvalue weighted by molar-refractivity contribution is -0.193. The van der Waals surface area contributed by atoms with Gasteiger partial charge in [-0.1, -0.05) is 11.3 Å². The summed E-state index contributed by atoms with van der Waals surface area (Å²) in [6, 6.07) is 2.06. The Kier molecular flexibility index (Phi) is 10.3. The summed E-state index contributed by atoms with van der Waals surface area (Å²) in [6.45, 7) is 5.37. The van der Waals surface area contributed by atoms with E-state index in [1.54, 1.807) is 0 Å². The zero-order valence-electron chi connectivity index (χ0n) is 18.0. The lowest BCUT2D eigenvalue weighted by Crippen LogP contribution is -2.34. The Morgan fingerprint density at radius 3 is 2.12 bits per heavy atom. The van der Waals surface area contributed by atoms with E-state index < -0.39 is 24.3 Å². The van der Waals surface area contributed by atoms with Gasteiger partial charge in [-0.05, 0) is 45.3 Å². The van der Waals surface area contributed by atoms with Gasteiger partial charge in [-0.25, -0.2) is 14.6 Å². The number of carboxylic acids is 2. The molecule has 16 heteroatoms. The van der Waals surface area contributed by atoms with Crippen LogP contribution in [-0.4, -0.2) is 74.3 Å². The first-order chi connectivity index (χ1) is 15.5. The number of halogens is 6. The minimum Gasteiger partial charge on any atom is -0.475 e. The number of rotatable bonds is 3. The number of aryl methyl sites for hydroxylation is 1. The van der Waals surface area contributed by atoms with Gasteiger partial charge < -0.3 is 20.8 Å². The van der Waals surface area contributed by atoms with Crippen LogP contribution in [0.4, 0.5) is 31.5 Å². The number of nitrogens with two attached hydrogens (primary N) is 1. The molecule has 0 radical (unpaired) electrons. The zero-order valence-corrected chi connectivity index (χ0v) is 18.8. The number of anilines is 1. The van der Waals surface area contributed by atoms with Crippen molar-refractivity contribution >= 4 is 28.4 Å². The van der Waals surface area contributed by atoms with Crippen molar-refractivity contribution in [1.82, 2.24) is 19.7 Å². The molecule has 2 aromatic rings. The molecule has 34 heavy (non-hydrogen) atoms. The standard InChI is InChI=1S/C14H21N5S.2C2HF3O2/c1-10-13(20-14(15)16-10)12-5-7-19(17-12)9-11-4-3-6-18(2)8-11;2*3-2(4,5)1(6)7/h5,7,11H,3-4,6,8-9H2,1-2H3,(H2,15,16);2*(H,6,7). The number of carbonyl (C=O) groups is 2. The van der Waals surface area contributed by atoms with Crippen molar-refractivity contribution in [3.63, 3.8) is 0 Å². The third-order valence-electron chi connectivity index (χ3n) is 4.34. The number of hydrogen-bond donors (Lipinski definition) is 3. The summed E-state index contributed by atoms with van der Waals surface area (Å²) < 4.78 is 65.5. The van der Waals surface area contributed by atoms with Crippen LogP contribution in [0, 0.1) is 12.8 Å². The maximum absolute atomic E-state index is 10.6. The molecule has 3 heterocycles. The Hall–Kier alpha value is -2.88. The van der Waals surface area contributed by atoms with Crippen molar-refractivity contribution in [2.24, 2.45) is 5.92 Å². The van der Waals surface area contributed by atoms with Gasteiger partial charge >= 0.3 is 24.3 Å². The Bertz CT molecular complexity index is 936. The number of aliphatic carboxylic acids is 2. The van der Waals surface area contributed by atoms with Crippen LogP contribution in [0.1, 0.15) is 18.5 Å². The van der Waals surface area contributed by atoms with Crippen LogP contribution in [0.5, 0.6) is 0 Å². The van der Waals surface area contributed by atoms with Crippen molar-refractivity contribution in [2.75, 3.05) is 25.9 Å². The van der Waals surface area contributed by atoms with Crippen LogP contribution in [0.15, 0.2) is 12.3 Å². The SMILES string of the molecule is Cc1nc(N)sc1-c1ccn(CC2CCCN(C)C2)n1.O=C(O)C(F)(F)F.O=C(O)C(F)(F)F. The number of thiazole rings is 1. The molecule has 192 valence electrons. The van der Waals surface area contributed by atoms with Gasteiger partial charge in [-0.3, -0.25) is 4.68 Å². The molecule has 2 aromatic heterocycles. The predicted octanol–water partition coefficient (Wildman–Crippen LogP) is 3.51. The normalized spacial score (nSPS) is 16.6. The van der Waals surface area contributed by atoms with Gasteiger partial charge in [0.25, 0.3) is 0 Å². The van der Waals surface area contributed by atoms with E-state index in [9.17, 15) is 26.3 Å². The number of alkyl halides is 6. The Morgan fingerprint density at radius 1 is 1.18 bits per heavy atom. The lowest BCUT2D eigenvalue weighted by atomic mass is 9.99. The van der Waals surface area contributed by atoms with E-state index in [4.69, 9.17) is 25.5 Å².